The average molecular weight is 236 g/mol. The number of nitrogens with zero attached hydrogens (tertiary/aromatic N) is 2. The summed E-state index contributed by atoms with van der Waals surface area (Å²) in [5, 5.41) is 0. The molecule has 1 aromatic heterocycles. The van der Waals surface area contributed by atoms with E-state index < -0.39 is 0 Å². The van der Waals surface area contributed by atoms with Gasteiger partial charge in [0.15, 0.2) is 0 Å². The van der Waals surface area contributed by atoms with Crippen LogP contribution in [0.25, 0.3) is 12.2 Å². The summed E-state index contributed by atoms with van der Waals surface area (Å²) in [6.45, 7) is 0. The Labute approximate surface area is 101 Å². The van der Waals surface area contributed by atoms with E-state index in [1.807, 2.05) is 49.5 Å². The second kappa shape index (κ2) is 5.37. The highest BCUT2D eigenvalue weighted by Gasteiger charge is 1.99. The van der Waals surface area contributed by atoms with Crippen molar-refractivity contribution < 1.29 is 0 Å². The first-order valence-corrected chi connectivity index (χ1v) is 4.77. The third-order valence-corrected chi connectivity index (χ3v) is 2.25. The summed E-state index contributed by atoms with van der Waals surface area (Å²) >= 11 is 0. The maximum atomic E-state index is 5.82. The van der Waals surface area contributed by atoms with Gasteiger partial charge in [0.05, 0.1) is 6.33 Å². The van der Waals surface area contributed by atoms with Crippen LogP contribution in [0.2, 0.25) is 0 Å². The highest BCUT2D eigenvalue weighted by Crippen LogP contribution is 2.12. The fourth-order valence-electron chi connectivity index (χ4n) is 1.33. The van der Waals surface area contributed by atoms with Gasteiger partial charge in [0.2, 0.25) is 0 Å². The number of benzene rings is 1. The van der Waals surface area contributed by atoms with Crippen LogP contribution in [-0.2, 0) is 7.05 Å². The summed E-state index contributed by atoms with van der Waals surface area (Å²) in [5.74, 6) is 0.683. The summed E-state index contributed by atoms with van der Waals surface area (Å²) in [7, 11) is 1.88. The number of aryl methyl sites for hydroxylation is 1. The summed E-state index contributed by atoms with van der Waals surface area (Å²) < 4.78 is 1.80. The minimum absolute atomic E-state index is 0. The molecule has 2 N–H and O–H groups in total. The fraction of sp³-hybridized carbons (Fsp3) is 0.0833. The lowest BCUT2D eigenvalue weighted by atomic mass is 10.2. The van der Waals surface area contributed by atoms with Crippen molar-refractivity contribution in [1.29, 1.82) is 0 Å². The number of nitrogen functional groups attached to an aromatic ring is 1. The van der Waals surface area contributed by atoms with Crippen LogP contribution in [0.15, 0.2) is 36.7 Å². The number of hydrogen-bond acceptors (Lipinski definition) is 2. The Kier molecular flexibility index (Phi) is 4.14. The molecule has 0 aliphatic rings. The number of halogens is 1. The number of anilines is 1. The lowest BCUT2D eigenvalue weighted by molar-refractivity contribution is 0.925. The van der Waals surface area contributed by atoms with Crippen LogP contribution in [0.5, 0.6) is 0 Å². The van der Waals surface area contributed by atoms with Crippen molar-refractivity contribution in [3.05, 3.63) is 47.9 Å². The molecule has 0 amide bonds. The van der Waals surface area contributed by atoms with Gasteiger partial charge in [0, 0.05) is 7.05 Å². The topological polar surface area (TPSA) is 43.8 Å². The molecule has 0 aliphatic carbocycles. The zero-order valence-corrected chi connectivity index (χ0v) is 9.82. The molecule has 2 rings (SSSR count). The zero-order valence-electron chi connectivity index (χ0n) is 9.00. The molecule has 84 valence electrons. The van der Waals surface area contributed by atoms with Crippen LogP contribution in [-0.4, -0.2) is 9.55 Å². The molecule has 0 fully saturated rings. The summed E-state index contributed by atoms with van der Waals surface area (Å²) in [6, 6.07) is 10.1. The van der Waals surface area contributed by atoms with Crippen LogP contribution in [0.3, 0.4) is 0 Å². The lowest BCUT2D eigenvalue weighted by Crippen LogP contribution is -1.95. The molecule has 1 aromatic carbocycles. The van der Waals surface area contributed by atoms with Crippen LogP contribution in [0, 0.1) is 0 Å². The third kappa shape index (κ3) is 2.64. The molecule has 4 heteroatoms. The SMILES string of the molecule is Cl.Cn1cnc(C=Cc2ccccc2)c1N. The van der Waals surface area contributed by atoms with Crippen LogP contribution < -0.4 is 5.73 Å². The first-order chi connectivity index (χ1) is 7.27. The van der Waals surface area contributed by atoms with E-state index in [0.29, 0.717) is 5.82 Å². The van der Waals surface area contributed by atoms with Gasteiger partial charge in [0.1, 0.15) is 11.5 Å². The molecule has 0 spiro atoms. The largest absolute Gasteiger partial charge is 0.383 e. The van der Waals surface area contributed by atoms with E-state index in [4.69, 9.17) is 5.73 Å². The highest BCUT2D eigenvalue weighted by atomic mass is 35.5. The van der Waals surface area contributed by atoms with Gasteiger partial charge in [-0.05, 0) is 11.6 Å². The van der Waals surface area contributed by atoms with Crippen LogP contribution in [0.4, 0.5) is 5.82 Å². The summed E-state index contributed by atoms with van der Waals surface area (Å²) in [4.78, 5) is 4.18. The van der Waals surface area contributed by atoms with E-state index in [-0.39, 0.29) is 12.4 Å². The number of hydrogen-bond donors (Lipinski definition) is 1. The fourth-order valence-corrected chi connectivity index (χ4v) is 1.33. The van der Waals surface area contributed by atoms with E-state index in [2.05, 4.69) is 4.98 Å². The van der Waals surface area contributed by atoms with E-state index in [9.17, 15) is 0 Å². The molecule has 16 heavy (non-hydrogen) atoms. The predicted molar refractivity (Wildman–Crippen MR) is 70.2 cm³/mol. The van der Waals surface area contributed by atoms with Crippen LogP contribution in [0.1, 0.15) is 11.3 Å². The van der Waals surface area contributed by atoms with Gasteiger partial charge in [0.25, 0.3) is 0 Å². The average Bonchev–Trinajstić information content (AvgIpc) is 2.59. The second-order valence-electron chi connectivity index (χ2n) is 3.37. The quantitative estimate of drug-likeness (QED) is 0.870. The summed E-state index contributed by atoms with van der Waals surface area (Å²) in [5.41, 5.74) is 7.76. The van der Waals surface area contributed by atoms with Crippen molar-refractivity contribution in [2.24, 2.45) is 7.05 Å². The molecule has 0 atom stereocenters. The van der Waals surface area contributed by atoms with Crippen molar-refractivity contribution in [3.8, 4) is 0 Å². The third-order valence-electron chi connectivity index (χ3n) is 2.25. The Morgan fingerprint density at radius 2 is 1.88 bits per heavy atom. The Morgan fingerprint density at radius 3 is 2.44 bits per heavy atom. The van der Waals surface area contributed by atoms with Gasteiger partial charge in [-0.25, -0.2) is 4.98 Å². The van der Waals surface area contributed by atoms with Crippen molar-refractivity contribution in [3.63, 3.8) is 0 Å². The number of aromatic nitrogens is 2. The van der Waals surface area contributed by atoms with Crippen molar-refractivity contribution in [2.75, 3.05) is 5.73 Å². The van der Waals surface area contributed by atoms with Crippen molar-refractivity contribution >= 4 is 30.4 Å². The minimum atomic E-state index is 0. The molecule has 3 nitrogen and oxygen atoms in total. The molecule has 1 heterocycles. The van der Waals surface area contributed by atoms with E-state index >= 15 is 0 Å². The number of rotatable bonds is 2. The molecular weight excluding hydrogens is 222 g/mol. The van der Waals surface area contributed by atoms with E-state index in [0.717, 1.165) is 11.3 Å². The maximum Gasteiger partial charge on any atom is 0.130 e. The van der Waals surface area contributed by atoms with E-state index in [1.54, 1.807) is 10.9 Å². The Bertz CT molecular complexity index is 474. The highest BCUT2D eigenvalue weighted by molar-refractivity contribution is 5.85. The Hall–Kier alpha value is -1.74. The van der Waals surface area contributed by atoms with Crippen LogP contribution >= 0.6 is 12.4 Å². The molecule has 0 unspecified atom stereocenters. The van der Waals surface area contributed by atoms with Gasteiger partial charge in [-0.1, -0.05) is 36.4 Å². The molecule has 0 radical (unpaired) electrons. The molecule has 0 saturated heterocycles. The van der Waals surface area contributed by atoms with Gasteiger partial charge in [-0.3, -0.25) is 0 Å². The number of nitrogens with two attached hydrogens (primary N) is 1. The van der Waals surface area contributed by atoms with Crippen molar-refractivity contribution in [2.45, 2.75) is 0 Å². The van der Waals surface area contributed by atoms with Crippen molar-refractivity contribution in [1.82, 2.24) is 9.55 Å². The Morgan fingerprint density at radius 1 is 1.19 bits per heavy atom. The minimum Gasteiger partial charge on any atom is -0.383 e. The van der Waals surface area contributed by atoms with Gasteiger partial charge in [-0.15, -0.1) is 12.4 Å². The number of imidazole rings is 1. The first-order valence-electron chi connectivity index (χ1n) is 4.77. The summed E-state index contributed by atoms with van der Waals surface area (Å²) in [6.07, 6.45) is 5.63. The van der Waals surface area contributed by atoms with Gasteiger partial charge < -0.3 is 10.3 Å². The molecule has 2 aromatic rings. The molecule has 0 bridgehead atoms. The molecular formula is C12H14ClN3. The second-order valence-corrected chi connectivity index (χ2v) is 3.37. The smallest absolute Gasteiger partial charge is 0.130 e. The normalized spacial score (nSPS) is 10.3. The zero-order chi connectivity index (χ0) is 10.7. The molecule has 0 saturated carbocycles. The molecule has 0 aliphatic heterocycles. The predicted octanol–water partition coefficient (Wildman–Crippen LogP) is 2.59. The standard InChI is InChI=1S/C12H13N3.ClH/c1-15-9-14-11(12(15)13)8-7-10-5-3-2-4-6-10;/h2-9H,13H2,1H3;1H. The van der Waals surface area contributed by atoms with E-state index in [1.165, 1.54) is 0 Å². The Balaban J connectivity index is 0.00000128. The van der Waals surface area contributed by atoms with Gasteiger partial charge in [-0.2, -0.15) is 0 Å². The lowest BCUT2D eigenvalue weighted by Gasteiger charge is -1.94. The maximum absolute atomic E-state index is 5.82. The first kappa shape index (κ1) is 12.3. The van der Waals surface area contributed by atoms with Gasteiger partial charge >= 0.3 is 0 Å². The monoisotopic (exact) mass is 235 g/mol.